The Kier molecular flexibility index (Phi) is 4.37. The average molecular weight is 246 g/mol. The normalized spacial score (nSPS) is 18.3. The summed E-state index contributed by atoms with van der Waals surface area (Å²) in [5.41, 5.74) is 7.78. The van der Waals surface area contributed by atoms with Crippen LogP contribution in [-0.2, 0) is 4.79 Å². The van der Waals surface area contributed by atoms with Crippen LogP contribution in [0.25, 0.3) is 0 Å². The second kappa shape index (κ2) is 6.01. The molecule has 1 unspecified atom stereocenters. The first-order valence-electron chi connectivity index (χ1n) is 6.84. The number of benzene rings is 1. The van der Waals surface area contributed by atoms with Gasteiger partial charge in [0.2, 0.25) is 5.91 Å². The topological polar surface area (TPSA) is 55.1 Å². The van der Waals surface area contributed by atoms with Gasteiger partial charge in [0.05, 0.1) is 0 Å². The minimum Gasteiger partial charge on any atom is -0.326 e. The van der Waals surface area contributed by atoms with Crippen molar-refractivity contribution in [3.63, 3.8) is 0 Å². The lowest BCUT2D eigenvalue weighted by molar-refractivity contribution is -0.120. The lowest BCUT2D eigenvalue weighted by Gasteiger charge is -2.22. The number of rotatable bonds is 3. The molecule has 0 aromatic heterocycles. The molecule has 1 aromatic carbocycles. The van der Waals surface area contributed by atoms with E-state index in [9.17, 15) is 4.79 Å². The standard InChI is InChI=1S/C15H22N2O/c1-11(16)13-9-5-6-10-14(13)17-15(18)12-7-3-2-4-8-12/h5-6,9-12H,2-4,7-8,16H2,1H3,(H,17,18). The number of hydrogen-bond donors (Lipinski definition) is 2. The summed E-state index contributed by atoms with van der Waals surface area (Å²) in [4.78, 5) is 12.2. The minimum absolute atomic E-state index is 0.0622. The fourth-order valence-corrected chi connectivity index (χ4v) is 2.61. The van der Waals surface area contributed by atoms with Crippen LogP contribution in [0.1, 0.15) is 50.6 Å². The quantitative estimate of drug-likeness (QED) is 0.860. The van der Waals surface area contributed by atoms with E-state index in [1.807, 2.05) is 31.2 Å². The van der Waals surface area contributed by atoms with Crippen LogP contribution >= 0.6 is 0 Å². The Balaban J connectivity index is 2.06. The van der Waals surface area contributed by atoms with Gasteiger partial charge in [-0.15, -0.1) is 0 Å². The zero-order valence-corrected chi connectivity index (χ0v) is 11.0. The average Bonchev–Trinajstić information content (AvgIpc) is 2.40. The number of hydrogen-bond acceptors (Lipinski definition) is 2. The second-order valence-electron chi connectivity index (χ2n) is 5.20. The highest BCUT2D eigenvalue weighted by Gasteiger charge is 2.21. The molecule has 3 N–H and O–H groups in total. The van der Waals surface area contributed by atoms with E-state index in [0.717, 1.165) is 24.1 Å². The van der Waals surface area contributed by atoms with E-state index >= 15 is 0 Å². The summed E-state index contributed by atoms with van der Waals surface area (Å²) in [6, 6.07) is 7.73. The molecule has 0 aliphatic heterocycles. The molecule has 0 saturated heterocycles. The van der Waals surface area contributed by atoms with Crippen molar-refractivity contribution in [3.05, 3.63) is 29.8 Å². The fraction of sp³-hybridized carbons (Fsp3) is 0.533. The van der Waals surface area contributed by atoms with Crippen molar-refractivity contribution in [2.24, 2.45) is 11.7 Å². The highest BCUT2D eigenvalue weighted by Crippen LogP contribution is 2.26. The fourth-order valence-electron chi connectivity index (χ4n) is 2.61. The monoisotopic (exact) mass is 246 g/mol. The van der Waals surface area contributed by atoms with Gasteiger partial charge < -0.3 is 11.1 Å². The Morgan fingerprint density at radius 3 is 2.61 bits per heavy atom. The predicted molar refractivity (Wildman–Crippen MR) is 74.2 cm³/mol. The molecule has 1 fully saturated rings. The van der Waals surface area contributed by atoms with Crippen LogP contribution in [0.15, 0.2) is 24.3 Å². The molecule has 1 saturated carbocycles. The minimum atomic E-state index is -0.0622. The van der Waals surface area contributed by atoms with Crippen LogP contribution in [0, 0.1) is 5.92 Å². The number of nitrogens with two attached hydrogens (primary N) is 1. The van der Waals surface area contributed by atoms with Gasteiger partial charge >= 0.3 is 0 Å². The third-order valence-electron chi connectivity index (χ3n) is 3.69. The maximum Gasteiger partial charge on any atom is 0.227 e. The molecule has 0 spiro atoms. The van der Waals surface area contributed by atoms with Crippen molar-refractivity contribution in [1.29, 1.82) is 0 Å². The molecule has 1 aliphatic carbocycles. The molecule has 1 atom stereocenters. The Morgan fingerprint density at radius 2 is 1.94 bits per heavy atom. The molecule has 2 rings (SSSR count). The third-order valence-corrected chi connectivity index (χ3v) is 3.69. The smallest absolute Gasteiger partial charge is 0.227 e. The number of para-hydroxylation sites is 1. The molecule has 1 aromatic rings. The van der Waals surface area contributed by atoms with Crippen molar-refractivity contribution in [2.75, 3.05) is 5.32 Å². The van der Waals surface area contributed by atoms with Crippen molar-refractivity contribution >= 4 is 11.6 Å². The number of nitrogens with one attached hydrogen (secondary N) is 1. The molecule has 0 heterocycles. The number of amides is 1. The van der Waals surface area contributed by atoms with Crippen LogP contribution in [0.3, 0.4) is 0 Å². The summed E-state index contributed by atoms with van der Waals surface area (Å²) in [7, 11) is 0. The summed E-state index contributed by atoms with van der Waals surface area (Å²) < 4.78 is 0. The van der Waals surface area contributed by atoms with Gasteiger partial charge in [-0.3, -0.25) is 4.79 Å². The largest absolute Gasteiger partial charge is 0.326 e. The summed E-state index contributed by atoms with van der Waals surface area (Å²) in [5, 5.41) is 3.04. The highest BCUT2D eigenvalue weighted by molar-refractivity contribution is 5.93. The second-order valence-corrected chi connectivity index (χ2v) is 5.20. The van der Waals surface area contributed by atoms with Crippen molar-refractivity contribution in [1.82, 2.24) is 0 Å². The van der Waals surface area contributed by atoms with Crippen LogP contribution in [0.5, 0.6) is 0 Å². The molecule has 18 heavy (non-hydrogen) atoms. The van der Waals surface area contributed by atoms with Crippen LogP contribution in [0.2, 0.25) is 0 Å². The van der Waals surface area contributed by atoms with E-state index in [0.29, 0.717) is 0 Å². The van der Waals surface area contributed by atoms with E-state index < -0.39 is 0 Å². The molecule has 0 radical (unpaired) electrons. The summed E-state index contributed by atoms with van der Waals surface area (Å²) in [5.74, 6) is 0.336. The van der Waals surface area contributed by atoms with E-state index in [1.54, 1.807) is 0 Å². The highest BCUT2D eigenvalue weighted by atomic mass is 16.1. The summed E-state index contributed by atoms with van der Waals surface area (Å²) >= 11 is 0. The molecular weight excluding hydrogens is 224 g/mol. The zero-order valence-electron chi connectivity index (χ0n) is 11.0. The zero-order chi connectivity index (χ0) is 13.0. The Labute approximate surface area is 109 Å². The van der Waals surface area contributed by atoms with Gasteiger partial charge in [0.1, 0.15) is 0 Å². The SMILES string of the molecule is CC(N)c1ccccc1NC(=O)C1CCCCC1. The summed E-state index contributed by atoms with van der Waals surface area (Å²) in [6.07, 6.45) is 5.65. The van der Waals surface area contributed by atoms with Crippen molar-refractivity contribution in [3.8, 4) is 0 Å². The van der Waals surface area contributed by atoms with Crippen LogP contribution in [0.4, 0.5) is 5.69 Å². The molecule has 1 amide bonds. The van der Waals surface area contributed by atoms with Gasteiger partial charge in [-0.25, -0.2) is 0 Å². The van der Waals surface area contributed by atoms with E-state index in [-0.39, 0.29) is 17.9 Å². The van der Waals surface area contributed by atoms with Gasteiger partial charge in [0.25, 0.3) is 0 Å². The maximum absolute atomic E-state index is 12.2. The molecule has 98 valence electrons. The van der Waals surface area contributed by atoms with Crippen molar-refractivity contribution < 1.29 is 4.79 Å². The Bertz CT molecular complexity index is 409. The third kappa shape index (κ3) is 3.10. The molecule has 1 aliphatic rings. The molecule has 3 nitrogen and oxygen atoms in total. The molecule has 0 bridgehead atoms. The number of carbonyl (C=O) groups excluding carboxylic acids is 1. The lowest BCUT2D eigenvalue weighted by Crippen LogP contribution is -2.25. The first-order valence-corrected chi connectivity index (χ1v) is 6.84. The Hall–Kier alpha value is -1.35. The van der Waals surface area contributed by atoms with Gasteiger partial charge in [0.15, 0.2) is 0 Å². The van der Waals surface area contributed by atoms with Gasteiger partial charge in [-0.1, -0.05) is 37.5 Å². The molecule has 3 heteroatoms. The maximum atomic E-state index is 12.2. The van der Waals surface area contributed by atoms with Crippen LogP contribution in [-0.4, -0.2) is 5.91 Å². The first-order chi connectivity index (χ1) is 8.68. The van der Waals surface area contributed by atoms with E-state index in [1.165, 1.54) is 19.3 Å². The van der Waals surface area contributed by atoms with Gasteiger partial charge in [-0.05, 0) is 31.4 Å². The summed E-state index contributed by atoms with van der Waals surface area (Å²) in [6.45, 7) is 1.94. The van der Waals surface area contributed by atoms with Crippen molar-refractivity contribution in [2.45, 2.75) is 45.1 Å². The van der Waals surface area contributed by atoms with Gasteiger partial charge in [0, 0.05) is 17.6 Å². The van der Waals surface area contributed by atoms with Gasteiger partial charge in [-0.2, -0.15) is 0 Å². The first kappa shape index (κ1) is 13.1. The number of carbonyl (C=O) groups is 1. The van der Waals surface area contributed by atoms with E-state index in [2.05, 4.69) is 5.32 Å². The lowest BCUT2D eigenvalue weighted by atomic mass is 9.88. The number of anilines is 1. The predicted octanol–water partition coefficient (Wildman–Crippen LogP) is 3.23. The van der Waals surface area contributed by atoms with Crippen LogP contribution < -0.4 is 11.1 Å². The molecular formula is C15H22N2O. The Morgan fingerprint density at radius 1 is 1.28 bits per heavy atom. The van der Waals surface area contributed by atoms with E-state index in [4.69, 9.17) is 5.73 Å².